The van der Waals surface area contributed by atoms with Gasteiger partial charge in [-0.05, 0) is 49.4 Å². The van der Waals surface area contributed by atoms with Gasteiger partial charge in [-0.2, -0.15) is 0 Å². The van der Waals surface area contributed by atoms with Gasteiger partial charge in [0.05, 0.1) is 19.8 Å². The lowest BCUT2D eigenvalue weighted by atomic mass is 9.80. The van der Waals surface area contributed by atoms with Gasteiger partial charge in [-0.1, -0.05) is 0 Å². The van der Waals surface area contributed by atoms with Crippen LogP contribution in [-0.4, -0.2) is 72.7 Å². The topological polar surface area (TPSA) is 82.9 Å². The molecule has 0 radical (unpaired) electrons. The maximum absolute atomic E-state index is 13.2. The van der Waals surface area contributed by atoms with Crippen molar-refractivity contribution in [3.05, 3.63) is 53.2 Å². The summed E-state index contributed by atoms with van der Waals surface area (Å²) in [5.41, 5.74) is 9.09. The molecule has 5 rings (SSSR count). The number of likely N-dealkylation sites (tertiary alicyclic amines) is 1. The largest absolute Gasteiger partial charge is 0.454 e. The molecule has 8 nitrogen and oxygen atoms in total. The molecule has 3 saturated heterocycles. The Bertz CT molecular complexity index is 904. The van der Waals surface area contributed by atoms with Crippen LogP contribution in [0.15, 0.2) is 35.0 Å². The molecule has 3 fully saturated rings. The predicted molar refractivity (Wildman–Crippen MR) is 120 cm³/mol. The number of pyridine rings is 1. The highest BCUT2D eigenvalue weighted by Gasteiger charge is 2.37. The van der Waals surface area contributed by atoms with Crippen molar-refractivity contribution in [2.24, 2.45) is 5.92 Å². The number of carbonyl (C=O) groups excluding carboxylic acids is 1. The van der Waals surface area contributed by atoms with E-state index in [4.69, 9.17) is 9.15 Å². The minimum absolute atomic E-state index is 0.0253. The second-order valence-electron chi connectivity index (χ2n) is 9.18. The number of morpholine rings is 1. The number of nitrogens with one attached hydrogen (secondary N) is 2. The lowest BCUT2D eigenvalue weighted by Crippen LogP contribution is -2.45. The first-order chi connectivity index (χ1) is 15.7. The van der Waals surface area contributed by atoms with Crippen LogP contribution in [0.4, 0.5) is 0 Å². The zero-order chi connectivity index (χ0) is 21.9. The van der Waals surface area contributed by atoms with Crippen molar-refractivity contribution in [1.29, 1.82) is 0 Å². The van der Waals surface area contributed by atoms with Gasteiger partial charge < -0.3 is 14.1 Å². The van der Waals surface area contributed by atoms with E-state index in [0.717, 1.165) is 76.6 Å². The number of furan rings is 1. The second kappa shape index (κ2) is 9.70. The average molecular weight is 440 g/mol. The number of hydrazine groups is 1. The standard InChI is InChI=1S/C24H33N5O3/c1-17-14-20(16-28-10-12-31-13-11-28)32-23(17)24(30)29-8-4-19(5-9-29)22-21(15-26-27-22)18-2-6-25-7-3-18/h2-3,6-7,14,19,21-22,26-27H,4-5,8-13,15-16H2,1H3. The van der Waals surface area contributed by atoms with Gasteiger partial charge >= 0.3 is 0 Å². The summed E-state index contributed by atoms with van der Waals surface area (Å²) in [5.74, 6) is 2.35. The Balaban J connectivity index is 1.19. The Kier molecular flexibility index (Phi) is 6.54. The molecule has 0 aliphatic carbocycles. The first-order valence-corrected chi connectivity index (χ1v) is 11.8. The lowest BCUT2D eigenvalue weighted by molar-refractivity contribution is 0.0309. The molecule has 0 spiro atoms. The molecule has 172 valence electrons. The molecule has 3 aliphatic heterocycles. The molecule has 0 saturated carbocycles. The zero-order valence-electron chi connectivity index (χ0n) is 18.8. The molecule has 2 aromatic rings. The minimum Gasteiger partial charge on any atom is -0.454 e. The van der Waals surface area contributed by atoms with Gasteiger partial charge in [-0.25, -0.2) is 0 Å². The summed E-state index contributed by atoms with van der Waals surface area (Å²) in [7, 11) is 0. The van der Waals surface area contributed by atoms with Gasteiger partial charge in [0, 0.05) is 62.6 Å². The zero-order valence-corrected chi connectivity index (χ0v) is 18.8. The number of nitrogens with zero attached hydrogens (tertiary/aromatic N) is 3. The minimum atomic E-state index is 0.0253. The maximum Gasteiger partial charge on any atom is 0.289 e. The lowest BCUT2D eigenvalue weighted by Gasteiger charge is -2.36. The molecule has 0 bridgehead atoms. The normalized spacial score (nSPS) is 25.3. The van der Waals surface area contributed by atoms with E-state index < -0.39 is 0 Å². The Labute approximate surface area is 189 Å². The van der Waals surface area contributed by atoms with E-state index in [9.17, 15) is 4.79 Å². The summed E-state index contributed by atoms with van der Waals surface area (Å²) >= 11 is 0. The van der Waals surface area contributed by atoms with Crippen molar-refractivity contribution in [1.82, 2.24) is 25.6 Å². The van der Waals surface area contributed by atoms with Gasteiger partial charge in [0.1, 0.15) is 5.76 Å². The number of ether oxygens (including phenoxy) is 1. The van der Waals surface area contributed by atoms with Gasteiger partial charge in [-0.3, -0.25) is 25.5 Å². The Hall–Kier alpha value is -2.26. The molecule has 8 heteroatoms. The van der Waals surface area contributed by atoms with E-state index in [1.54, 1.807) is 0 Å². The fourth-order valence-corrected chi connectivity index (χ4v) is 5.32. The van der Waals surface area contributed by atoms with E-state index in [1.807, 2.05) is 30.3 Å². The monoisotopic (exact) mass is 439 g/mol. The molecule has 1 amide bonds. The molecular formula is C24H33N5O3. The highest BCUT2D eigenvalue weighted by atomic mass is 16.5. The highest BCUT2D eigenvalue weighted by Crippen LogP contribution is 2.32. The van der Waals surface area contributed by atoms with Crippen molar-refractivity contribution in [2.75, 3.05) is 45.9 Å². The highest BCUT2D eigenvalue weighted by molar-refractivity contribution is 5.93. The van der Waals surface area contributed by atoms with Crippen molar-refractivity contribution >= 4 is 5.91 Å². The van der Waals surface area contributed by atoms with E-state index >= 15 is 0 Å². The molecule has 2 atom stereocenters. The predicted octanol–water partition coefficient (Wildman–Crippen LogP) is 1.93. The second-order valence-corrected chi connectivity index (χ2v) is 9.18. The van der Waals surface area contributed by atoms with Crippen LogP contribution in [-0.2, 0) is 11.3 Å². The first kappa shape index (κ1) is 21.6. The van der Waals surface area contributed by atoms with Crippen LogP contribution in [0.2, 0.25) is 0 Å². The molecule has 2 aromatic heterocycles. The van der Waals surface area contributed by atoms with E-state index in [1.165, 1.54) is 5.56 Å². The molecule has 5 heterocycles. The van der Waals surface area contributed by atoms with Crippen LogP contribution in [0.1, 0.15) is 46.2 Å². The molecule has 2 unspecified atom stereocenters. The van der Waals surface area contributed by atoms with Gasteiger partial charge in [0.15, 0.2) is 5.76 Å². The van der Waals surface area contributed by atoms with E-state index in [0.29, 0.717) is 23.6 Å². The summed E-state index contributed by atoms with van der Waals surface area (Å²) in [6.45, 7) is 8.48. The Morgan fingerprint density at radius 3 is 2.66 bits per heavy atom. The fraction of sp³-hybridized carbons (Fsp3) is 0.583. The summed E-state index contributed by atoms with van der Waals surface area (Å²) in [5, 5.41) is 0. The number of carbonyl (C=O) groups is 1. The molecule has 3 aliphatic rings. The van der Waals surface area contributed by atoms with Crippen LogP contribution >= 0.6 is 0 Å². The van der Waals surface area contributed by atoms with Gasteiger partial charge in [-0.15, -0.1) is 0 Å². The van der Waals surface area contributed by atoms with E-state index in [2.05, 4.69) is 32.9 Å². The summed E-state index contributed by atoms with van der Waals surface area (Å²) in [4.78, 5) is 21.6. The van der Waals surface area contributed by atoms with E-state index in [-0.39, 0.29) is 5.91 Å². The quantitative estimate of drug-likeness (QED) is 0.737. The number of rotatable bonds is 5. The SMILES string of the molecule is Cc1cc(CN2CCOCC2)oc1C(=O)N1CCC(C2NNCC2c2ccncc2)CC1. The van der Waals surface area contributed by atoms with Gasteiger partial charge in [0.25, 0.3) is 5.91 Å². The van der Waals surface area contributed by atoms with Crippen LogP contribution in [0, 0.1) is 12.8 Å². The number of hydrogen-bond donors (Lipinski definition) is 2. The number of amides is 1. The van der Waals surface area contributed by atoms with Crippen molar-refractivity contribution < 1.29 is 13.9 Å². The Morgan fingerprint density at radius 2 is 1.91 bits per heavy atom. The van der Waals surface area contributed by atoms with Crippen molar-refractivity contribution in [3.63, 3.8) is 0 Å². The smallest absolute Gasteiger partial charge is 0.289 e. The van der Waals surface area contributed by atoms with Crippen LogP contribution in [0.3, 0.4) is 0 Å². The summed E-state index contributed by atoms with van der Waals surface area (Å²) < 4.78 is 11.4. The van der Waals surface area contributed by atoms with Crippen LogP contribution in [0.5, 0.6) is 0 Å². The molecule has 32 heavy (non-hydrogen) atoms. The van der Waals surface area contributed by atoms with Crippen LogP contribution < -0.4 is 10.9 Å². The maximum atomic E-state index is 13.2. The third-order valence-corrected chi connectivity index (χ3v) is 7.14. The third-order valence-electron chi connectivity index (χ3n) is 7.14. The van der Waals surface area contributed by atoms with Crippen LogP contribution in [0.25, 0.3) is 0 Å². The summed E-state index contributed by atoms with van der Waals surface area (Å²) in [6.07, 6.45) is 5.72. The number of aromatic nitrogens is 1. The number of aryl methyl sites for hydroxylation is 1. The Morgan fingerprint density at radius 1 is 1.16 bits per heavy atom. The van der Waals surface area contributed by atoms with Crippen molar-refractivity contribution in [3.8, 4) is 0 Å². The first-order valence-electron chi connectivity index (χ1n) is 11.8. The molecule has 0 aromatic carbocycles. The number of hydrogen-bond acceptors (Lipinski definition) is 7. The average Bonchev–Trinajstić information content (AvgIpc) is 3.47. The van der Waals surface area contributed by atoms with Crippen molar-refractivity contribution in [2.45, 2.75) is 38.3 Å². The third kappa shape index (κ3) is 4.59. The molecule has 2 N–H and O–H groups in total. The molecular weight excluding hydrogens is 406 g/mol. The fourth-order valence-electron chi connectivity index (χ4n) is 5.32. The summed E-state index contributed by atoms with van der Waals surface area (Å²) in [6, 6.07) is 6.61. The van der Waals surface area contributed by atoms with Gasteiger partial charge in [0.2, 0.25) is 0 Å². The number of piperidine rings is 1.